The van der Waals surface area contributed by atoms with E-state index in [0.29, 0.717) is 24.8 Å². The molecule has 2 heterocycles. The molecule has 2 N–H and O–H groups in total. The molecular formula is C19H30N4O3S. The zero-order chi connectivity index (χ0) is 19.3. The second-order valence-corrected chi connectivity index (χ2v) is 9.90. The summed E-state index contributed by atoms with van der Waals surface area (Å²) in [5, 5.41) is 6.43. The van der Waals surface area contributed by atoms with E-state index in [-0.39, 0.29) is 23.7 Å². The van der Waals surface area contributed by atoms with Crippen molar-refractivity contribution in [1.29, 1.82) is 0 Å². The number of guanidine groups is 1. The number of hydrogen-bond acceptors (Lipinski definition) is 5. The molecule has 150 valence electrons. The van der Waals surface area contributed by atoms with Crippen LogP contribution < -0.4 is 15.4 Å². The van der Waals surface area contributed by atoms with Crippen molar-refractivity contribution in [3.05, 3.63) is 23.9 Å². The second-order valence-electron chi connectivity index (χ2n) is 7.67. The van der Waals surface area contributed by atoms with Crippen LogP contribution in [0.3, 0.4) is 0 Å². The standard InChI is InChI=1S/C19H30N4O3S/c1-14-3-5-17(6-4-14)26-18-11-15(7-9-21-18)12-22-19(20-2)23-16-8-10-27(24,25)13-16/h7,9,11,14,16-17H,3-6,8,10,12-13H2,1-2H3,(H2,20,22,23). The molecule has 2 fully saturated rings. The predicted octanol–water partition coefficient (Wildman–Crippen LogP) is 1.89. The first kappa shape index (κ1) is 19.9. The summed E-state index contributed by atoms with van der Waals surface area (Å²) in [7, 11) is -1.23. The highest BCUT2D eigenvalue weighted by molar-refractivity contribution is 7.91. The van der Waals surface area contributed by atoms with E-state index in [1.165, 1.54) is 12.8 Å². The van der Waals surface area contributed by atoms with E-state index in [2.05, 4.69) is 27.5 Å². The third-order valence-electron chi connectivity index (χ3n) is 5.31. The summed E-state index contributed by atoms with van der Waals surface area (Å²) in [6, 6.07) is 3.82. The fourth-order valence-electron chi connectivity index (χ4n) is 3.63. The first-order valence-corrected chi connectivity index (χ1v) is 11.5. The van der Waals surface area contributed by atoms with E-state index in [0.717, 1.165) is 24.3 Å². The maximum Gasteiger partial charge on any atom is 0.213 e. The van der Waals surface area contributed by atoms with Crippen LogP contribution in [0.15, 0.2) is 23.3 Å². The molecule has 8 heteroatoms. The van der Waals surface area contributed by atoms with Gasteiger partial charge < -0.3 is 15.4 Å². The highest BCUT2D eigenvalue weighted by Crippen LogP contribution is 2.26. The van der Waals surface area contributed by atoms with Crippen molar-refractivity contribution in [3.63, 3.8) is 0 Å². The zero-order valence-corrected chi connectivity index (χ0v) is 17.0. The highest BCUT2D eigenvalue weighted by atomic mass is 32.2. The topological polar surface area (TPSA) is 92.7 Å². The van der Waals surface area contributed by atoms with Gasteiger partial charge in [-0.1, -0.05) is 6.92 Å². The normalized spacial score (nSPS) is 27.9. The van der Waals surface area contributed by atoms with E-state index in [1.54, 1.807) is 13.2 Å². The van der Waals surface area contributed by atoms with Crippen LogP contribution in [0.2, 0.25) is 0 Å². The Balaban J connectivity index is 1.50. The summed E-state index contributed by atoms with van der Waals surface area (Å²) < 4.78 is 29.2. The maximum atomic E-state index is 11.6. The zero-order valence-electron chi connectivity index (χ0n) is 16.1. The van der Waals surface area contributed by atoms with Gasteiger partial charge in [0.2, 0.25) is 5.88 Å². The molecule has 1 aromatic heterocycles. The number of aliphatic imine (C=N–C) groups is 1. The van der Waals surface area contributed by atoms with Gasteiger partial charge >= 0.3 is 0 Å². The van der Waals surface area contributed by atoms with Crippen molar-refractivity contribution in [2.75, 3.05) is 18.6 Å². The lowest BCUT2D eigenvalue weighted by Gasteiger charge is -2.26. The molecular weight excluding hydrogens is 364 g/mol. The van der Waals surface area contributed by atoms with Gasteiger partial charge in [-0.25, -0.2) is 13.4 Å². The quantitative estimate of drug-likeness (QED) is 0.585. The van der Waals surface area contributed by atoms with Crippen molar-refractivity contribution >= 4 is 15.8 Å². The molecule has 1 saturated carbocycles. The Hall–Kier alpha value is -1.83. The minimum absolute atomic E-state index is 0.0776. The molecule has 2 aliphatic rings. The Morgan fingerprint density at radius 3 is 2.74 bits per heavy atom. The average molecular weight is 395 g/mol. The van der Waals surface area contributed by atoms with Gasteiger partial charge in [-0.2, -0.15) is 0 Å². The lowest BCUT2D eigenvalue weighted by molar-refractivity contribution is 0.130. The third kappa shape index (κ3) is 6.09. The van der Waals surface area contributed by atoms with E-state index in [4.69, 9.17) is 4.74 Å². The molecule has 0 aromatic carbocycles. The SMILES string of the molecule is CN=C(NCc1ccnc(OC2CCC(C)CC2)c1)NC1CCS(=O)(=O)C1. The van der Waals surface area contributed by atoms with Crippen LogP contribution in [0.4, 0.5) is 0 Å². The second kappa shape index (κ2) is 8.91. The molecule has 7 nitrogen and oxygen atoms in total. The van der Waals surface area contributed by atoms with Gasteiger partial charge in [0.15, 0.2) is 15.8 Å². The van der Waals surface area contributed by atoms with E-state index in [9.17, 15) is 8.42 Å². The summed E-state index contributed by atoms with van der Waals surface area (Å²) in [6.07, 6.45) is 7.25. The van der Waals surface area contributed by atoms with Crippen molar-refractivity contribution < 1.29 is 13.2 Å². The van der Waals surface area contributed by atoms with Crippen molar-refractivity contribution in [3.8, 4) is 5.88 Å². The molecule has 1 saturated heterocycles. The molecule has 1 atom stereocenters. The van der Waals surface area contributed by atoms with Crippen molar-refractivity contribution in [2.45, 2.75) is 57.7 Å². The number of nitrogens with zero attached hydrogens (tertiary/aromatic N) is 2. The average Bonchev–Trinajstić information content (AvgIpc) is 2.99. The smallest absolute Gasteiger partial charge is 0.213 e. The van der Waals surface area contributed by atoms with Crippen LogP contribution >= 0.6 is 0 Å². The van der Waals surface area contributed by atoms with Crippen molar-refractivity contribution in [2.24, 2.45) is 10.9 Å². The molecule has 0 bridgehead atoms. The van der Waals surface area contributed by atoms with E-state index in [1.807, 2.05) is 12.1 Å². The van der Waals surface area contributed by atoms with Crippen molar-refractivity contribution in [1.82, 2.24) is 15.6 Å². The minimum atomic E-state index is -2.91. The number of aromatic nitrogens is 1. The molecule has 1 unspecified atom stereocenters. The number of hydrogen-bond donors (Lipinski definition) is 2. The number of sulfone groups is 1. The van der Waals surface area contributed by atoms with E-state index < -0.39 is 9.84 Å². The molecule has 27 heavy (non-hydrogen) atoms. The summed E-state index contributed by atoms with van der Waals surface area (Å²) in [4.78, 5) is 8.53. The number of nitrogens with one attached hydrogen (secondary N) is 2. The summed E-state index contributed by atoms with van der Waals surface area (Å²) in [6.45, 7) is 2.86. The molecule has 1 aliphatic carbocycles. The molecule has 3 rings (SSSR count). The van der Waals surface area contributed by atoms with Gasteiger partial charge in [-0.15, -0.1) is 0 Å². The predicted molar refractivity (Wildman–Crippen MR) is 107 cm³/mol. The maximum absolute atomic E-state index is 11.6. The first-order chi connectivity index (χ1) is 12.9. The fraction of sp³-hybridized carbons (Fsp3) is 0.684. The molecule has 0 radical (unpaired) electrons. The van der Waals surface area contributed by atoms with Gasteiger partial charge in [0.25, 0.3) is 0 Å². The highest BCUT2D eigenvalue weighted by Gasteiger charge is 2.28. The molecule has 0 spiro atoms. The van der Waals surface area contributed by atoms with E-state index >= 15 is 0 Å². The van der Waals surface area contributed by atoms with Gasteiger partial charge in [-0.3, -0.25) is 4.99 Å². The van der Waals surface area contributed by atoms with Crippen LogP contribution in [0.1, 0.15) is 44.6 Å². The number of ether oxygens (including phenoxy) is 1. The lowest BCUT2D eigenvalue weighted by atomic mass is 9.89. The van der Waals surface area contributed by atoms with Crippen LogP contribution in [0.5, 0.6) is 5.88 Å². The Kier molecular flexibility index (Phi) is 6.57. The summed E-state index contributed by atoms with van der Waals surface area (Å²) in [5.74, 6) is 2.48. The van der Waals surface area contributed by atoms with Crippen LogP contribution in [0.25, 0.3) is 0 Å². The fourth-order valence-corrected chi connectivity index (χ4v) is 5.30. The van der Waals surface area contributed by atoms with Crippen LogP contribution in [-0.2, 0) is 16.4 Å². The van der Waals surface area contributed by atoms with Crippen LogP contribution in [0, 0.1) is 5.92 Å². The molecule has 0 amide bonds. The summed E-state index contributed by atoms with van der Waals surface area (Å²) in [5.41, 5.74) is 1.05. The monoisotopic (exact) mass is 394 g/mol. The van der Waals surface area contributed by atoms with Gasteiger partial charge in [-0.05, 0) is 49.7 Å². The lowest BCUT2D eigenvalue weighted by Crippen LogP contribution is -2.43. The Labute approximate surface area is 161 Å². The number of rotatable bonds is 5. The Bertz CT molecular complexity index is 758. The number of pyridine rings is 1. The van der Waals surface area contributed by atoms with Crippen LogP contribution in [-0.4, -0.2) is 50.1 Å². The van der Waals surface area contributed by atoms with Gasteiger partial charge in [0.1, 0.15) is 6.10 Å². The Morgan fingerprint density at radius 1 is 1.30 bits per heavy atom. The molecule has 1 aromatic rings. The third-order valence-corrected chi connectivity index (χ3v) is 7.07. The Morgan fingerprint density at radius 2 is 2.07 bits per heavy atom. The first-order valence-electron chi connectivity index (χ1n) is 9.73. The van der Waals surface area contributed by atoms with Gasteiger partial charge in [0.05, 0.1) is 11.5 Å². The summed E-state index contributed by atoms with van der Waals surface area (Å²) >= 11 is 0. The largest absolute Gasteiger partial charge is 0.474 e. The molecule has 1 aliphatic heterocycles. The van der Waals surface area contributed by atoms with Gasteiger partial charge in [0, 0.05) is 31.9 Å². The minimum Gasteiger partial charge on any atom is -0.474 e.